The molecule has 0 aliphatic carbocycles. The van der Waals surface area contributed by atoms with Gasteiger partial charge in [-0.3, -0.25) is 0 Å². The fraction of sp³-hybridized carbons (Fsp3) is 0.238. The highest BCUT2D eigenvalue weighted by Gasteiger charge is 2.35. The molecule has 3 aromatic heterocycles. The summed E-state index contributed by atoms with van der Waals surface area (Å²) in [5.74, 6) is 0.482. The fourth-order valence-electron chi connectivity index (χ4n) is 3.28. The number of hydrogen-bond donors (Lipinski definition) is 0. The number of fused-ring (bicyclic) bond motifs is 1. The van der Waals surface area contributed by atoms with Gasteiger partial charge in [0, 0.05) is 25.0 Å². The van der Waals surface area contributed by atoms with Gasteiger partial charge in [0.25, 0.3) is 0 Å². The maximum atomic E-state index is 13.7. The Balaban J connectivity index is 1.69. The normalized spacial score (nSPS) is 11.6. The summed E-state index contributed by atoms with van der Waals surface area (Å²) in [5, 5.41) is 9.37. The molecule has 10 heteroatoms. The van der Waals surface area contributed by atoms with Crippen molar-refractivity contribution in [3.63, 3.8) is 0 Å². The number of benzene rings is 1. The van der Waals surface area contributed by atoms with Crippen LogP contribution in [0.1, 0.15) is 17.1 Å². The number of aromatic nitrogens is 5. The lowest BCUT2D eigenvalue weighted by Gasteiger charge is -2.16. The molecule has 3 heterocycles. The van der Waals surface area contributed by atoms with Gasteiger partial charge in [0.05, 0.1) is 29.6 Å². The van der Waals surface area contributed by atoms with Crippen LogP contribution in [0.2, 0.25) is 0 Å². The number of alkyl halides is 3. The minimum absolute atomic E-state index is 0.0530. The Morgan fingerprint density at radius 2 is 2.00 bits per heavy atom. The Morgan fingerprint density at radius 3 is 2.68 bits per heavy atom. The monoisotopic (exact) mass is 426 g/mol. The first-order valence-electron chi connectivity index (χ1n) is 9.32. The number of nitrogens with zero attached hydrogens (tertiary/aromatic N) is 6. The second-order valence-corrected chi connectivity index (χ2v) is 6.92. The second kappa shape index (κ2) is 7.75. The van der Waals surface area contributed by atoms with Crippen LogP contribution in [0.3, 0.4) is 0 Å². The molecular weight excluding hydrogens is 409 g/mol. The van der Waals surface area contributed by atoms with E-state index in [0.717, 1.165) is 11.9 Å². The van der Waals surface area contributed by atoms with Gasteiger partial charge in [-0.2, -0.15) is 18.4 Å². The lowest BCUT2D eigenvalue weighted by atomic mass is 10.1. The zero-order chi connectivity index (χ0) is 22.2. The summed E-state index contributed by atoms with van der Waals surface area (Å²) in [4.78, 5) is 12.4. The highest BCUT2D eigenvalue weighted by atomic mass is 19.4. The zero-order valence-electron chi connectivity index (χ0n) is 16.7. The first-order valence-corrected chi connectivity index (χ1v) is 9.32. The van der Waals surface area contributed by atoms with Crippen molar-refractivity contribution in [3.05, 3.63) is 60.1 Å². The van der Waals surface area contributed by atoms with E-state index in [1.54, 1.807) is 41.6 Å². The van der Waals surface area contributed by atoms with E-state index >= 15 is 0 Å². The minimum atomic E-state index is -4.62. The molecule has 0 saturated heterocycles. The third-order valence-corrected chi connectivity index (χ3v) is 4.91. The Labute approximate surface area is 175 Å². The number of imidazole rings is 2. The van der Waals surface area contributed by atoms with Crippen molar-refractivity contribution in [2.24, 2.45) is 7.05 Å². The molecule has 0 N–H and O–H groups in total. The van der Waals surface area contributed by atoms with Crippen LogP contribution in [0.4, 0.5) is 13.2 Å². The molecule has 4 rings (SSSR count). The van der Waals surface area contributed by atoms with Gasteiger partial charge in [0.1, 0.15) is 29.8 Å². The summed E-state index contributed by atoms with van der Waals surface area (Å²) in [6.07, 6.45) is 0.258. The van der Waals surface area contributed by atoms with E-state index in [-0.39, 0.29) is 29.3 Å². The topological polar surface area (TPSA) is 81.5 Å². The van der Waals surface area contributed by atoms with Crippen LogP contribution in [0.25, 0.3) is 22.3 Å². The van der Waals surface area contributed by atoms with E-state index in [1.807, 2.05) is 6.07 Å². The number of rotatable bonds is 5. The highest BCUT2D eigenvalue weighted by molar-refractivity contribution is 5.84. The van der Waals surface area contributed by atoms with Crippen LogP contribution in [0, 0.1) is 18.3 Å². The standard InChI is InChI=1S/C21H17F3N6O/c1-13-26-5-6-30(13)7-8-31-19-4-3-14(9-15(19)21(22,23)24)16-10-18-20(17(11-25)28-16)27-12-29(18)2/h3-6,9-10,12H,7-8H2,1-2H3. The molecule has 0 fully saturated rings. The average molecular weight is 426 g/mol. The van der Waals surface area contributed by atoms with Gasteiger partial charge < -0.3 is 13.9 Å². The molecule has 0 aliphatic rings. The quantitative estimate of drug-likeness (QED) is 0.480. The Morgan fingerprint density at radius 1 is 1.19 bits per heavy atom. The number of pyridine rings is 1. The molecule has 1 aromatic carbocycles. The first kappa shape index (κ1) is 20.4. The smallest absolute Gasteiger partial charge is 0.419 e. The van der Waals surface area contributed by atoms with Crippen molar-refractivity contribution >= 4 is 11.0 Å². The molecule has 0 amide bonds. The molecule has 0 atom stereocenters. The number of hydrogen-bond acceptors (Lipinski definition) is 5. The summed E-state index contributed by atoms with van der Waals surface area (Å²) < 4.78 is 50.1. The van der Waals surface area contributed by atoms with Crippen molar-refractivity contribution in [1.82, 2.24) is 24.1 Å². The molecule has 4 aromatic rings. The van der Waals surface area contributed by atoms with Crippen molar-refractivity contribution in [2.45, 2.75) is 19.6 Å². The predicted octanol–water partition coefficient (Wildman–Crippen LogP) is 4.11. The van der Waals surface area contributed by atoms with Crippen molar-refractivity contribution < 1.29 is 17.9 Å². The fourth-order valence-corrected chi connectivity index (χ4v) is 3.28. The average Bonchev–Trinajstić information content (AvgIpc) is 3.32. The lowest BCUT2D eigenvalue weighted by molar-refractivity contribution is -0.138. The second-order valence-electron chi connectivity index (χ2n) is 6.92. The number of halogens is 3. The van der Waals surface area contributed by atoms with Gasteiger partial charge >= 0.3 is 6.18 Å². The van der Waals surface area contributed by atoms with Crippen molar-refractivity contribution in [2.75, 3.05) is 6.61 Å². The predicted molar refractivity (Wildman–Crippen MR) is 106 cm³/mol. The van der Waals surface area contributed by atoms with E-state index in [4.69, 9.17) is 4.74 Å². The van der Waals surface area contributed by atoms with Gasteiger partial charge in [0.2, 0.25) is 0 Å². The van der Waals surface area contributed by atoms with Gasteiger partial charge in [-0.05, 0) is 31.2 Å². The van der Waals surface area contributed by atoms with E-state index in [2.05, 4.69) is 15.0 Å². The summed E-state index contributed by atoms with van der Waals surface area (Å²) in [6, 6.07) is 7.33. The SMILES string of the molecule is Cc1nccn1CCOc1ccc(-c2cc3c(ncn3C)c(C#N)n2)cc1C(F)(F)F. The zero-order valence-corrected chi connectivity index (χ0v) is 16.7. The third kappa shape index (κ3) is 3.94. The molecule has 0 spiro atoms. The molecule has 0 bridgehead atoms. The molecular formula is C21H17F3N6O. The summed E-state index contributed by atoms with van der Waals surface area (Å²) in [6.45, 7) is 2.23. The third-order valence-electron chi connectivity index (χ3n) is 4.91. The van der Waals surface area contributed by atoms with E-state index in [1.165, 1.54) is 18.5 Å². The highest BCUT2D eigenvalue weighted by Crippen LogP contribution is 2.39. The Kier molecular flexibility index (Phi) is 5.10. The van der Waals surface area contributed by atoms with Crippen molar-refractivity contribution in [3.8, 4) is 23.1 Å². The van der Waals surface area contributed by atoms with Crippen LogP contribution in [0.15, 0.2) is 43.0 Å². The Bertz CT molecular complexity index is 1300. The number of ether oxygens (including phenoxy) is 1. The van der Waals surface area contributed by atoms with E-state index in [0.29, 0.717) is 17.6 Å². The number of nitriles is 1. The van der Waals surface area contributed by atoms with Crippen LogP contribution < -0.4 is 4.74 Å². The maximum absolute atomic E-state index is 13.7. The van der Waals surface area contributed by atoms with E-state index in [9.17, 15) is 18.4 Å². The van der Waals surface area contributed by atoms with Gasteiger partial charge in [0.15, 0.2) is 5.69 Å². The van der Waals surface area contributed by atoms with Gasteiger partial charge in [-0.1, -0.05) is 0 Å². The molecule has 158 valence electrons. The molecule has 31 heavy (non-hydrogen) atoms. The molecule has 0 unspecified atom stereocenters. The molecule has 0 saturated carbocycles. The Hall–Kier alpha value is -3.87. The largest absolute Gasteiger partial charge is 0.491 e. The summed E-state index contributed by atoms with van der Waals surface area (Å²) in [7, 11) is 1.74. The molecule has 7 nitrogen and oxygen atoms in total. The van der Waals surface area contributed by atoms with Crippen LogP contribution >= 0.6 is 0 Å². The van der Waals surface area contributed by atoms with Gasteiger partial charge in [-0.25, -0.2) is 15.0 Å². The minimum Gasteiger partial charge on any atom is -0.491 e. The maximum Gasteiger partial charge on any atom is 0.419 e. The van der Waals surface area contributed by atoms with Gasteiger partial charge in [-0.15, -0.1) is 0 Å². The van der Waals surface area contributed by atoms with Crippen LogP contribution in [0.5, 0.6) is 5.75 Å². The number of aryl methyl sites for hydroxylation is 2. The summed E-state index contributed by atoms with van der Waals surface area (Å²) in [5.41, 5.74) is 0.629. The lowest BCUT2D eigenvalue weighted by Crippen LogP contribution is -2.13. The van der Waals surface area contributed by atoms with E-state index < -0.39 is 11.7 Å². The summed E-state index contributed by atoms with van der Waals surface area (Å²) >= 11 is 0. The first-order chi connectivity index (χ1) is 14.8. The van der Waals surface area contributed by atoms with Crippen LogP contribution in [-0.4, -0.2) is 30.7 Å². The molecule has 0 radical (unpaired) electrons. The van der Waals surface area contributed by atoms with Crippen molar-refractivity contribution in [1.29, 1.82) is 5.26 Å². The molecule has 0 aliphatic heterocycles. The van der Waals surface area contributed by atoms with Crippen LogP contribution in [-0.2, 0) is 19.8 Å².